The van der Waals surface area contributed by atoms with Crippen molar-refractivity contribution in [3.8, 4) is 0 Å². The molecular weight excluding hydrogens is 368 g/mol. The van der Waals surface area contributed by atoms with Crippen LogP contribution in [0.5, 0.6) is 0 Å². The maximum Gasteiger partial charge on any atom is 0.339 e. The van der Waals surface area contributed by atoms with E-state index in [-0.39, 0.29) is 48.7 Å². The first-order valence-corrected chi connectivity index (χ1v) is 8.44. The van der Waals surface area contributed by atoms with Crippen molar-refractivity contribution in [3.63, 3.8) is 0 Å². The molecule has 2 aromatic carbocycles. The van der Waals surface area contributed by atoms with Gasteiger partial charge in [0.15, 0.2) is 0 Å². The highest BCUT2D eigenvalue weighted by Crippen LogP contribution is 2.14. The van der Waals surface area contributed by atoms with Crippen LogP contribution in [0.1, 0.15) is 41.4 Å². The molecule has 0 amide bonds. The number of esters is 4. The van der Waals surface area contributed by atoms with Gasteiger partial charge in [-0.05, 0) is 24.3 Å². The molecule has 0 radical (unpaired) electrons. The van der Waals surface area contributed by atoms with Crippen LogP contribution in [0.25, 0.3) is 0 Å². The Morgan fingerprint density at radius 2 is 0.643 bits per heavy atom. The summed E-state index contributed by atoms with van der Waals surface area (Å²) in [5, 5.41) is 0. The van der Waals surface area contributed by atoms with E-state index >= 15 is 0 Å². The molecule has 0 bridgehead atoms. The molecule has 0 fully saturated rings. The summed E-state index contributed by atoms with van der Waals surface area (Å²) in [5.41, 5.74) is 0.0862. The van der Waals surface area contributed by atoms with Gasteiger partial charge >= 0.3 is 23.9 Å². The van der Waals surface area contributed by atoms with E-state index in [4.69, 9.17) is 18.9 Å². The number of benzene rings is 2. The molecule has 1 aliphatic heterocycles. The van der Waals surface area contributed by atoms with Gasteiger partial charge in [0, 0.05) is 0 Å². The maximum atomic E-state index is 12.2. The molecule has 0 aliphatic carbocycles. The molecule has 28 heavy (non-hydrogen) atoms. The third-order valence-electron chi connectivity index (χ3n) is 3.83. The number of carbonyl (C=O) groups is 4. The summed E-state index contributed by atoms with van der Waals surface area (Å²) in [7, 11) is 0. The summed E-state index contributed by atoms with van der Waals surface area (Å²) in [6.45, 7) is -0.887. The van der Waals surface area contributed by atoms with Gasteiger partial charge in [0.05, 0.1) is 22.3 Å². The fourth-order valence-electron chi connectivity index (χ4n) is 2.53. The molecule has 0 saturated heterocycles. The minimum absolute atomic E-state index is 0.0215. The zero-order chi connectivity index (χ0) is 19.9. The van der Waals surface area contributed by atoms with E-state index in [1.54, 1.807) is 24.3 Å². The molecule has 0 saturated carbocycles. The standard InChI is InChI=1S/C20H16O8/c21-17-13-5-1-2-6-14(13)18(22)26-11-12-28-20(24)16-8-4-3-7-15(16)19(23)27-10-9-25-17/h1-8H,9-12H2. The van der Waals surface area contributed by atoms with Crippen LogP contribution in [0.3, 0.4) is 0 Å². The number of hydrogen-bond donors (Lipinski definition) is 0. The lowest BCUT2D eigenvalue weighted by atomic mass is 10.1. The van der Waals surface area contributed by atoms with Gasteiger partial charge in [-0.1, -0.05) is 24.3 Å². The monoisotopic (exact) mass is 384 g/mol. The lowest BCUT2D eigenvalue weighted by Crippen LogP contribution is -2.21. The van der Waals surface area contributed by atoms with E-state index in [0.29, 0.717) is 0 Å². The van der Waals surface area contributed by atoms with Gasteiger partial charge in [-0.15, -0.1) is 0 Å². The lowest BCUT2D eigenvalue weighted by molar-refractivity contribution is 0.0225. The molecule has 8 nitrogen and oxygen atoms in total. The summed E-state index contributed by atoms with van der Waals surface area (Å²) in [5.74, 6) is -2.99. The van der Waals surface area contributed by atoms with Crippen LogP contribution in [0.4, 0.5) is 0 Å². The van der Waals surface area contributed by atoms with Crippen molar-refractivity contribution >= 4 is 23.9 Å². The zero-order valence-electron chi connectivity index (χ0n) is 14.7. The Labute approximate surface area is 160 Å². The van der Waals surface area contributed by atoms with Gasteiger partial charge in [-0.25, -0.2) is 19.2 Å². The Morgan fingerprint density at radius 3 is 0.857 bits per heavy atom. The molecule has 1 heterocycles. The fourth-order valence-corrected chi connectivity index (χ4v) is 2.53. The van der Waals surface area contributed by atoms with E-state index in [2.05, 4.69) is 0 Å². The average Bonchev–Trinajstić information content (AvgIpc) is 2.73. The molecule has 0 spiro atoms. The fraction of sp³-hybridized carbons (Fsp3) is 0.200. The SMILES string of the molecule is O=C1OCCOC(=O)c2ccccc2C(=O)OCCOC(=O)c2ccccc21. The first-order chi connectivity index (χ1) is 13.6. The van der Waals surface area contributed by atoms with Crippen molar-refractivity contribution in [2.75, 3.05) is 26.4 Å². The summed E-state index contributed by atoms with van der Waals surface area (Å²) in [6.07, 6.45) is 0. The van der Waals surface area contributed by atoms with Crippen LogP contribution in [-0.4, -0.2) is 50.3 Å². The lowest BCUT2D eigenvalue weighted by Gasteiger charge is -2.13. The Hall–Kier alpha value is -3.68. The normalized spacial score (nSPS) is 16.0. The van der Waals surface area contributed by atoms with E-state index in [0.717, 1.165) is 0 Å². The van der Waals surface area contributed by atoms with Crippen LogP contribution in [0.15, 0.2) is 48.5 Å². The van der Waals surface area contributed by atoms with E-state index < -0.39 is 23.9 Å². The smallest absolute Gasteiger partial charge is 0.339 e. The molecule has 144 valence electrons. The van der Waals surface area contributed by atoms with Gasteiger partial charge < -0.3 is 18.9 Å². The molecule has 0 aromatic heterocycles. The highest BCUT2D eigenvalue weighted by atomic mass is 16.6. The van der Waals surface area contributed by atoms with Crippen molar-refractivity contribution < 1.29 is 38.1 Å². The number of ether oxygens (including phenoxy) is 4. The molecule has 0 N–H and O–H groups in total. The molecule has 0 unspecified atom stereocenters. The van der Waals surface area contributed by atoms with E-state index in [1.807, 2.05) is 0 Å². The van der Waals surface area contributed by atoms with Crippen LogP contribution < -0.4 is 0 Å². The molecular formula is C20H16O8. The van der Waals surface area contributed by atoms with Gasteiger partial charge in [0.25, 0.3) is 0 Å². The van der Waals surface area contributed by atoms with Gasteiger partial charge in [0.1, 0.15) is 26.4 Å². The molecule has 8 heteroatoms. The number of carbonyl (C=O) groups excluding carboxylic acids is 4. The Morgan fingerprint density at radius 1 is 0.429 bits per heavy atom. The van der Waals surface area contributed by atoms with Crippen molar-refractivity contribution in [2.45, 2.75) is 0 Å². The van der Waals surface area contributed by atoms with Crippen LogP contribution in [0, 0.1) is 0 Å². The van der Waals surface area contributed by atoms with Crippen molar-refractivity contribution in [2.24, 2.45) is 0 Å². The topological polar surface area (TPSA) is 105 Å². The average molecular weight is 384 g/mol. The largest absolute Gasteiger partial charge is 0.458 e. The highest BCUT2D eigenvalue weighted by molar-refractivity contribution is 6.04. The zero-order valence-corrected chi connectivity index (χ0v) is 14.7. The van der Waals surface area contributed by atoms with Gasteiger partial charge in [-0.3, -0.25) is 0 Å². The molecule has 2 aromatic rings. The summed E-state index contributed by atoms with van der Waals surface area (Å²) in [4.78, 5) is 48.9. The van der Waals surface area contributed by atoms with E-state index in [1.165, 1.54) is 24.3 Å². The van der Waals surface area contributed by atoms with Gasteiger partial charge in [0.2, 0.25) is 0 Å². The third kappa shape index (κ3) is 4.35. The predicted octanol–water partition coefficient (Wildman–Crippen LogP) is 2.03. The number of cyclic esters (lactones) is 4. The number of fused-ring (bicyclic) bond motifs is 2. The maximum absolute atomic E-state index is 12.2. The summed E-state index contributed by atoms with van der Waals surface area (Å²) < 4.78 is 20.2. The second-order valence-electron chi connectivity index (χ2n) is 5.63. The molecule has 3 rings (SSSR count). The number of hydrogen-bond acceptors (Lipinski definition) is 8. The predicted molar refractivity (Wildman–Crippen MR) is 94.0 cm³/mol. The quantitative estimate of drug-likeness (QED) is 0.502. The van der Waals surface area contributed by atoms with Crippen LogP contribution in [-0.2, 0) is 18.9 Å². The van der Waals surface area contributed by atoms with Crippen molar-refractivity contribution in [3.05, 3.63) is 70.8 Å². The Kier molecular flexibility index (Phi) is 6.01. The van der Waals surface area contributed by atoms with Crippen LogP contribution >= 0.6 is 0 Å². The van der Waals surface area contributed by atoms with Crippen molar-refractivity contribution in [1.82, 2.24) is 0 Å². The highest BCUT2D eigenvalue weighted by Gasteiger charge is 2.22. The minimum atomic E-state index is -0.748. The van der Waals surface area contributed by atoms with Gasteiger partial charge in [-0.2, -0.15) is 0 Å². The third-order valence-corrected chi connectivity index (χ3v) is 3.83. The van der Waals surface area contributed by atoms with Crippen LogP contribution in [0.2, 0.25) is 0 Å². The molecule has 1 aliphatic rings. The summed E-state index contributed by atoms with van der Waals surface area (Å²) >= 11 is 0. The van der Waals surface area contributed by atoms with E-state index in [9.17, 15) is 19.2 Å². The van der Waals surface area contributed by atoms with Crippen molar-refractivity contribution in [1.29, 1.82) is 0 Å². The Balaban J connectivity index is 1.82. The number of rotatable bonds is 0. The minimum Gasteiger partial charge on any atom is -0.458 e. The summed E-state index contributed by atoms with van der Waals surface area (Å²) in [6, 6.07) is 12.0. The Bertz CT molecular complexity index is 768. The second-order valence-corrected chi connectivity index (χ2v) is 5.63. The first-order valence-electron chi connectivity index (χ1n) is 8.44. The molecule has 0 atom stereocenters. The second kappa shape index (κ2) is 8.81. The first kappa shape index (κ1) is 19.1.